The van der Waals surface area contributed by atoms with Crippen LogP contribution >= 0.6 is 11.6 Å². The molecular formula is C15H20ClNO. The number of benzene rings is 1. The Morgan fingerprint density at radius 2 is 1.83 bits per heavy atom. The monoisotopic (exact) mass is 265 g/mol. The van der Waals surface area contributed by atoms with Crippen molar-refractivity contribution in [1.82, 2.24) is 5.32 Å². The fourth-order valence-corrected chi connectivity index (χ4v) is 2.66. The summed E-state index contributed by atoms with van der Waals surface area (Å²) in [7, 11) is 0. The fraction of sp³-hybridized carbons (Fsp3) is 0.533. The van der Waals surface area contributed by atoms with Gasteiger partial charge >= 0.3 is 0 Å². The van der Waals surface area contributed by atoms with Crippen molar-refractivity contribution in [3.8, 4) is 0 Å². The standard InChI is InChI=1S/C15H20ClNO/c1-11(12-7-9-14(16)10-8-12)17-15(18)13-5-3-2-4-6-13/h7-11,13H,2-6H2,1H3,(H,17,18)/t11-/m1/s1. The first-order valence-electron chi connectivity index (χ1n) is 6.72. The molecule has 2 rings (SSSR count). The quantitative estimate of drug-likeness (QED) is 0.876. The van der Waals surface area contributed by atoms with Crippen molar-refractivity contribution in [2.24, 2.45) is 5.92 Å². The number of hydrogen-bond donors (Lipinski definition) is 1. The van der Waals surface area contributed by atoms with Crippen LogP contribution in [-0.2, 0) is 4.79 Å². The summed E-state index contributed by atoms with van der Waals surface area (Å²) in [5.74, 6) is 0.422. The lowest BCUT2D eigenvalue weighted by Gasteiger charge is -2.23. The molecule has 0 unspecified atom stereocenters. The zero-order valence-corrected chi connectivity index (χ0v) is 11.5. The first-order valence-corrected chi connectivity index (χ1v) is 7.10. The smallest absolute Gasteiger partial charge is 0.223 e. The van der Waals surface area contributed by atoms with Crippen LogP contribution in [0.25, 0.3) is 0 Å². The molecular weight excluding hydrogens is 246 g/mol. The van der Waals surface area contributed by atoms with Crippen molar-refractivity contribution in [2.75, 3.05) is 0 Å². The molecule has 18 heavy (non-hydrogen) atoms. The van der Waals surface area contributed by atoms with Crippen LogP contribution in [0.4, 0.5) is 0 Å². The van der Waals surface area contributed by atoms with Gasteiger partial charge in [-0.05, 0) is 37.5 Å². The minimum atomic E-state index is 0.0525. The van der Waals surface area contributed by atoms with Crippen LogP contribution in [0.3, 0.4) is 0 Å². The molecule has 1 aliphatic rings. The highest BCUT2D eigenvalue weighted by Gasteiger charge is 2.22. The van der Waals surface area contributed by atoms with Crippen LogP contribution < -0.4 is 5.32 Å². The van der Waals surface area contributed by atoms with Gasteiger partial charge in [0.2, 0.25) is 5.91 Å². The number of hydrogen-bond acceptors (Lipinski definition) is 1. The average Bonchev–Trinajstić information content (AvgIpc) is 2.40. The lowest BCUT2D eigenvalue weighted by Crippen LogP contribution is -2.33. The number of nitrogens with one attached hydrogen (secondary N) is 1. The predicted octanol–water partition coefficient (Wildman–Crippen LogP) is 4.10. The number of rotatable bonds is 3. The van der Waals surface area contributed by atoms with E-state index in [0.29, 0.717) is 0 Å². The third kappa shape index (κ3) is 3.49. The van der Waals surface area contributed by atoms with Gasteiger partial charge < -0.3 is 5.32 Å². The van der Waals surface area contributed by atoms with E-state index >= 15 is 0 Å². The highest BCUT2D eigenvalue weighted by molar-refractivity contribution is 6.30. The number of carbonyl (C=O) groups excluding carboxylic acids is 1. The molecule has 0 aromatic heterocycles. The van der Waals surface area contributed by atoms with Crippen molar-refractivity contribution in [3.05, 3.63) is 34.9 Å². The van der Waals surface area contributed by atoms with E-state index in [1.807, 2.05) is 31.2 Å². The Labute approximate surface area is 114 Å². The van der Waals surface area contributed by atoms with Gasteiger partial charge in [-0.2, -0.15) is 0 Å². The second-order valence-electron chi connectivity index (χ2n) is 5.12. The van der Waals surface area contributed by atoms with E-state index in [4.69, 9.17) is 11.6 Å². The minimum Gasteiger partial charge on any atom is -0.349 e. The third-order valence-corrected chi connectivity index (χ3v) is 3.96. The highest BCUT2D eigenvalue weighted by atomic mass is 35.5. The summed E-state index contributed by atoms with van der Waals surface area (Å²) in [6.07, 6.45) is 5.73. The SMILES string of the molecule is C[C@@H](NC(=O)C1CCCCC1)c1ccc(Cl)cc1. The van der Waals surface area contributed by atoms with Gasteiger partial charge in [0, 0.05) is 10.9 Å². The van der Waals surface area contributed by atoms with E-state index < -0.39 is 0 Å². The molecule has 0 saturated heterocycles. The van der Waals surface area contributed by atoms with E-state index in [1.54, 1.807) is 0 Å². The Morgan fingerprint density at radius 3 is 2.44 bits per heavy atom. The molecule has 1 fully saturated rings. The zero-order chi connectivity index (χ0) is 13.0. The first-order chi connectivity index (χ1) is 8.66. The van der Waals surface area contributed by atoms with Gasteiger partial charge in [-0.25, -0.2) is 0 Å². The van der Waals surface area contributed by atoms with Gasteiger partial charge in [0.1, 0.15) is 0 Å². The van der Waals surface area contributed by atoms with Gasteiger partial charge in [-0.3, -0.25) is 4.79 Å². The van der Waals surface area contributed by atoms with Crippen LogP contribution in [0, 0.1) is 5.92 Å². The maximum absolute atomic E-state index is 12.1. The second kappa shape index (κ2) is 6.24. The molecule has 0 bridgehead atoms. The van der Waals surface area contributed by atoms with Gasteiger partial charge in [0.05, 0.1) is 6.04 Å². The van der Waals surface area contributed by atoms with Gasteiger partial charge in [0.25, 0.3) is 0 Å². The lowest BCUT2D eigenvalue weighted by molar-refractivity contribution is -0.126. The van der Waals surface area contributed by atoms with Crippen LogP contribution in [0.1, 0.15) is 50.6 Å². The Kier molecular flexibility index (Phi) is 4.65. The molecule has 1 aromatic carbocycles. The van der Waals surface area contributed by atoms with Gasteiger partial charge in [0.15, 0.2) is 0 Å². The number of halogens is 1. The van der Waals surface area contributed by atoms with E-state index in [1.165, 1.54) is 19.3 Å². The Hall–Kier alpha value is -1.02. The van der Waals surface area contributed by atoms with Crippen molar-refractivity contribution >= 4 is 17.5 Å². The summed E-state index contributed by atoms with van der Waals surface area (Å²) in [4.78, 5) is 12.1. The molecule has 1 aliphatic carbocycles. The fourth-order valence-electron chi connectivity index (χ4n) is 2.53. The van der Waals surface area contributed by atoms with Crippen molar-refractivity contribution in [1.29, 1.82) is 0 Å². The lowest BCUT2D eigenvalue weighted by atomic mass is 9.88. The van der Waals surface area contributed by atoms with E-state index in [0.717, 1.165) is 23.4 Å². The molecule has 0 aliphatic heterocycles. The van der Waals surface area contributed by atoms with Crippen molar-refractivity contribution in [2.45, 2.75) is 45.1 Å². The molecule has 1 saturated carbocycles. The van der Waals surface area contributed by atoms with Crippen LogP contribution in [-0.4, -0.2) is 5.91 Å². The van der Waals surface area contributed by atoms with E-state index in [9.17, 15) is 4.79 Å². The van der Waals surface area contributed by atoms with Crippen molar-refractivity contribution in [3.63, 3.8) is 0 Å². The molecule has 3 heteroatoms. The molecule has 98 valence electrons. The molecule has 1 N–H and O–H groups in total. The van der Waals surface area contributed by atoms with Crippen molar-refractivity contribution < 1.29 is 4.79 Å². The Morgan fingerprint density at radius 1 is 1.22 bits per heavy atom. The zero-order valence-electron chi connectivity index (χ0n) is 10.8. The maximum atomic E-state index is 12.1. The Balaban J connectivity index is 1.91. The van der Waals surface area contributed by atoms with Crippen LogP contribution in [0.5, 0.6) is 0 Å². The molecule has 0 radical (unpaired) electrons. The van der Waals surface area contributed by atoms with Crippen LogP contribution in [0.15, 0.2) is 24.3 Å². The number of carbonyl (C=O) groups is 1. The van der Waals surface area contributed by atoms with Crippen LogP contribution in [0.2, 0.25) is 5.02 Å². The third-order valence-electron chi connectivity index (χ3n) is 3.70. The molecule has 0 heterocycles. The molecule has 0 spiro atoms. The van der Waals surface area contributed by atoms with Gasteiger partial charge in [-0.1, -0.05) is 43.0 Å². The summed E-state index contributed by atoms with van der Waals surface area (Å²) >= 11 is 5.86. The normalized spacial score (nSPS) is 18.3. The predicted molar refractivity (Wildman–Crippen MR) is 74.6 cm³/mol. The van der Waals surface area contributed by atoms with E-state index in [2.05, 4.69) is 5.32 Å². The van der Waals surface area contributed by atoms with E-state index in [-0.39, 0.29) is 17.9 Å². The van der Waals surface area contributed by atoms with Gasteiger partial charge in [-0.15, -0.1) is 0 Å². The molecule has 2 nitrogen and oxygen atoms in total. The Bertz CT molecular complexity index is 395. The second-order valence-corrected chi connectivity index (χ2v) is 5.55. The first kappa shape index (κ1) is 13.4. The summed E-state index contributed by atoms with van der Waals surface area (Å²) in [5, 5.41) is 3.83. The summed E-state index contributed by atoms with van der Waals surface area (Å²) in [6, 6.07) is 7.71. The molecule has 1 atom stereocenters. The highest BCUT2D eigenvalue weighted by Crippen LogP contribution is 2.25. The summed E-state index contributed by atoms with van der Waals surface area (Å²) < 4.78 is 0. The minimum absolute atomic E-state index is 0.0525. The summed E-state index contributed by atoms with van der Waals surface area (Å²) in [5.41, 5.74) is 1.10. The molecule has 1 amide bonds. The average molecular weight is 266 g/mol. The summed E-state index contributed by atoms with van der Waals surface area (Å²) in [6.45, 7) is 2.02. The molecule has 1 aromatic rings. The topological polar surface area (TPSA) is 29.1 Å². The largest absolute Gasteiger partial charge is 0.349 e. The number of amides is 1. The maximum Gasteiger partial charge on any atom is 0.223 e.